The maximum Gasteiger partial charge on any atom is 0.220 e. The summed E-state index contributed by atoms with van der Waals surface area (Å²) in [5, 5.41) is 2.90. The van der Waals surface area contributed by atoms with Gasteiger partial charge in [-0.1, -0.05) is 29.8 Å². The molecule has 23 heavy (non-hydrogen) atoms. The Kier molecular flexibility index (Phi) is 6.15. The van der Waals surface area contributed by atoms with Crippen molar-refractivity contribution in [1.82, 2.24) is 5.32 Å². The number of rotatable bonds is 7. The summed E-state index contributed by atoms with van der Waals surface area (Å²) in [7, 11) is 0. The van der Waals surface area contributed by atoms with Gasteiger partial charge in [-0.05, 0) is 50.1 Å². The van der Waals surface area contributed by atoms with Gasteiger partial charge in [-0.25, -0.2) is 4.39 Å². The molecular formula is C19H22FNO2. The molecule has 1 amide bonds. The average molecular weight is 315 g/mol. The first-order chi connectivity index (χ1) is 11.0. The lowest BCUT2D eigenvalue weighted by molar-refractivity contribution is -0.121. The van der Waals surface area contributed by atoms with Gasteiger partial charge in [0.05, 0.1) is 12.6 Å². The maximum absolute atomic E-state index is 12.9. The summed E-state index contributed by atoms with van der Waals surface area (Å²) in [5.41, 5.74) is 2.07. The highest BCUT2D eigenvalue weighted by molar-refractivity contribution is 5.76. The van der Waals surface area contributed by atoms with Gasteiger partial charge in [0.25, 0.3) is 0 Å². The molecule has 1 N–H and O–H groups in total. The number of ether oxygens (including phenoxy) is 1. The Bertz CT molecular complexity index is 623. The highest BCUT2D eigenvalue weighted by Crippen LogP contribution is 2.14. The van der Waals surface area contributed by atoms with Crippen LogP contribution in [0.3, 0.4) is 0 Å². The van der Waals surface area contributed by atoms with Crippen molar-refractivity contribution >= 4 is 5.91 Å². The number of carbonyl (C=O) groups excluding carboxylic acids is 1. The molecular weight excluding hydrogens is 293 g/mol. The molecule has 0 aromatic heterocycles. The zero-order valence-electron chi connectivity index (χ0n) is 13.5. The van der Waals surface area contributed by atoms with E-state index in [0.29, 0.717) is 19.4 Å². The molecule has 4 heteroatoms. The van der Waals surface area contributed by atoms with Crippen LogP contribution in [0.25, 0.3) is 0 Å². The predicted molar refractivity (Wildman–Crippen MR) is 88.9 cm³/mol. The lowest BCUT2D eigenvalue weighted by atomic mass is 10.1. The van der Waals surface area contributed by atoms with Crippen LogP contribution in [0.1, 0.15) is 36.9 Å². The van der Waals surface area contributed by atoms with Crippen molar-refractivity contribution in [2.75, 3.05) is 6.61 Å². The summed E-state index contributed by atoms with van der Waals surface area (Å²) in [6.45, 7) is 4.41. The topological polar surface area (TPSA) is 38.3 Å². The molecule has 0 aliphatic heterocycles. The van der Waals surface area contributed by atoms with Crippen molar-refractivity contribution in [2.45, 2.75) is 32.7 Å². The second-order valence-corrected chi connectivity index (χ2v) is 5.61. The lowest BCUT2D eigenvalue weighted by Crippen LogP contribution is -2.26. The summed E-state index contributed by atoms with van der Waals surface area (Å²) in [4.78, 5) is 11.9. The van der Waals surface area contributed by atoms with Crippen LogP contribution >= 0.6 is 0 Å². The third kappa shape index (κ3) is 5.74. The van der Waals surface area contributed by atoms with Crippen LogP contribution in [0.4, 0.5) is 4.39 Å². The maximum atomic E-state index is 12.9. The van der Waals surface area contributed by atoms with Gasteiger partial charge >= 0.3 is 0 Å². The molecule has 0 saturated carbocycles. The van der Waals surface area contributed by atoms with Crippen LogP contribution in [0.5, 0.6) is 5.75 Å². The minimum atomic E-state index is -0.277. The van der Waals surface area contributed by atoms with E-state index in [9.17, 15) is 9.18 Å². The zero-order chi connectivity index (χ0) is 16.7. The van der Waals surface area contributed by atoms with Gasteiger partial charge in [0.2, 0.25) is 5.91 Å². The summed E-state index contributed by atoms with van der Waals surface area (Å²) >= 11 is 0. The predicted octanol–water partition coefficient (Wildman–Crippen LogP) is 4.17. The van der Waals surface area contributed by atoms with Gasteiger partial charge < -0.3 is 10.1 Å². The number of benzene rings is 2. The molecule has 3 nitrogen and oxygen atoms in total. The van der Waals surface area contributed by atoms with Crippen molar-refractivity contribution in [1.29, 1.82) is 0 Å². The highest BCUT2D eigenvalue weighted by atomic mass is 19.1. The third-order valence-corrected chi connectivity index (χ3v) is 3.59. The van der Waals surface area contributed by atoms with E-state index in [4.69, 9.17) is 4.74 Å². The van der Waals surface area contributed by atoms with E-state index in [0.717, 1.165) is 11.3 Å². The Morgan fingerprint density at radius 1 is 1.13 bits per heavy atom. The Labute approximate surface area is 136 Å². The van der Waals surface area contributed by atoms with Crippen LogP contribution < -0.4 is 10.1 Å². The largest absolute Gasteiger partial charge is 0.494 e. The second kappa shape index (κ2) is 8.32. The van der Waals surface area contributed by atoms with Crippen molar-refractivity contribution in [3.63, 3.8) is 0 Å². The molecule has 0 heterocycles. The summed E-state index contributed by atoms with van der Waals surface area (Å²) < 4.78 is 18.5. The van der Waals surface area contributed by atoms with E-state index in [-0.39, 0.29) is 17.8 Å². The monoisotopic (exact) mass is 315 g/mol. The molecule has 0 aliphatic rings. The van der Waals surface area contributed by atoms with E-state index < -0.39 is 0 Å². The normalized spacial score (nSPS) is 11.8. The van der Waals surface area contributed by atoms with Gasteiger partial charge in [-0.15, -0.1) is 0 Å². The van der Waals surface area contributed by atoms with E-state index in [2.05, 4.69) is 5.32 Å². The van der Waals surface area contributed by atoms with Crippen LogP contribution in [0.15, 0.2) is 48.5 Å². The van der Waals surface area contributed by atoms with E-state index in [1.807, 2.05) is 38.1 Å². The standard InChI is InChI=1S/C19H22FNO2/c1-14-5-11-18(12-6-14)23-13-3-4-19(22)21-15(2)16-7-9-17(20)10-8-16/h5-12,15H,3-4,13H2,1-2H3,(H,21,22). The quantitative estimate of drug-likeness (QED) is 0.779. The summed E-state index contributed by atoms with van der Waals surface area (Å²) in [6.07, 6.45) is 1.05. The molecule has 0 fully saturated rings. The molecule has 2 aromatic rings. The van der Waals surface area contributed by atoms with Crippen molar-refractivity contribution < 1.29 is 13.9 Å². The van der Waals surface area contributed by atoms with Crippen molar-refractivity contribution in [2.24, 2.45) is 0 Å². The number of hydrogen-bond donors (Lipinski definition) is 1. The Morgan fingerprint density at radius 2 is 1.78 bits per heavy atom. The van der Waals surface area contributed by atoms with Crippen LogP contribution in [-0.4, -0.2) is 12.5 Å². The van der Waals surface area contributed by atoms with Crippen LogP contribution in [0.2, 0.25) is 0 Å². The first kappa shape index (κ1) is 17.0. The number of aryl methyl sites for hydroxylation is 1. The molecule has 1 unspecified atom stereocenters. The lowest BCUT2D eigenvalue weighted by Gasteiger charge is -2.14. The Morgan fingerprint density at radius 3 is 2.43 bits per heavy atom. The smallest absolute Gasteiger partial charge is 0.220 e. The average Bonchev–Trinajstić information content (AvgIpc) is 2.54. The van der Waals surface area contributed by atoms with Gasteiger partial charge in [0.15, 0.2) is 0 Å². The fourth-order valence-corrected chi connectivity index (χ4v) is 2.21. The van der Waals surface area contributed by atoms with Gasteiger partial charge in [0, 0.05) is 6.42 Å². The van der Waals surface area contributed by atoms with Crippen molar-refractivity contribution in [3.05, 3.63) is 65.5 Å². The first-order valence-corrected chi connectivity index (χ1v) is 7.79. The number of hydrogen-bond acceptors (Lipinski definition) is 2. The third-order valence-electron chi connectivity index (χ3n) is 3.59. The van der Waals surface area contributed by atoms with Gasteiger partial charge in [-0.3, -0.25) is 4.79 Å². The summed E-state index contributed by atoms with van der Waals surface area (Å²) in [6, 6.07) is 13.8. The molecule has 0 aliphatic carbocycles. The fourth-order valence-electron chi connectivity index (χ4n) is 2.21. The van der Waals surface area contributed by atoms with E-state index >= 15 is 0 Å². The molecule has 1 atom stereocenters. The zero-order valence-corrected chi connectivity index (χ0v) is 13.5. The second-order valence-electron chi connectivity index (χ2n) is 5.61. The van der Waals surface area contributed by atoms with Gasteiger partial charge in [0.1, 0.15) is 11.6 Å². The minimum Gasteiger partial charge on any atom is -0.494 e. The SMILES string of the molecule is Cc1ccc(OCCCC(=O)NC(C)c2ccc(F)cc2)cc1. The number of nitrogens with one attached hydrogen (secondary N) is 1. The highest BCUT2D eigenvalue weighted by Gasteiger charge is 2.09. The van der Waals surface area contributed by atoms with E-state index in [1.165, 1.54) is 17.7 Å². The molecule has 0 radical (unpaired) electrons. The number of halogens is 1. The Hall–Kier alpha value is -2.36. The molecule has 2 aromatic carbocycles. The molecule has 0 bridgehead atoms. The fraction of sp³-hybridized carbons (Fsp3) is 0.316. The van der Waals surface area contributed by atoms with Gasteiger partial charge in [-0.2, -0.15) is 0 Å². The van der Waals surface area contributed by atoms with Crippen LogP contribution in [-0.2, 0) is 4.79 Å². The van der Waals surface area contributed by atoms with Crippen molar-refractivity contribution in [3.8, 4) is 5.75 Å². The molecule has 122 valence electrons. The van der Waals surface area contributed by atoms with E-state index in [1.54, 1.807) is 12.1 Å². The van der Waals surface area contributed by atoms with Crippen LogP contribution in [0, 0.1) is 12.7 Å². The number of amides is 1. The number of carbonyl (C=O) groups is 1. The first-order valence-electron chi connectivity index (χ1n) is 7.79. The molecule has 2 rings (SSSR count). The summed E-state index contributed by atoms with van der Waals surface area (Å²) in [5.74, 6) is 0.505. The minimum absolute atomic E-state index is 0.0330. The molecule has 0 saturated heterocycles. The Balaban J connectivity index is 1.68. The molecule has 0 spiro atoms.